The predicted octanol–water partition coefficient (Wildman–Crippen LogP) is 1.81. The van der Waals surface area contributed by atoms with E-state index in [2.05, 4.69) is 49.7 Å². The number of nitrogens with zero attached hydrogens (tertiary/aromatic N) is 5. The fourth-order valence-electron chi connectivity index (χ4n) is 4.23. The number of hydrogen-bond donors (Lipinski definition) is 1. The van der Waals surface area contributed by atoms with Gasteiger partial charge in [-0.2, -0.15) is 0 Å². The second kappa shape index (κ2) is 6.69. The molecule has 24 heavy (non-hydrogen) atoms. The van der Waals surface area contributed by atoms with Crippen LogP contribution in [0.3, 0.4) is 0 Å². The highest BCUT2D eigenvalue weighted by molar-refractivity contribution is 5.87. The molecule has 6 nitrogen and oxygen atoms in total. The number of nitrogens with one attached hydrogen (secondary N) is 1. The summed E-state index contributed by atoms with van der Waals surface area (Å²) < 4.78 is 0. The Hall–Kier alpha value is -1.66. The normalized spacial score (nSPS) is 23.0. The lowest BCUT2D eigenvalue weighted by Crippen LogP contribution is -2.51. The molecule has 1 atom stereocenters. The van der Waals surface area contributed by atoms with Crippen molar-refractivity contribution in [2.45, 2.75) is 25.8 Å². The smallest absolute Gasteiger partial charge is 0.142 e. The summed E-state index contributed by atoms with van der Waals surface area (Å²) in [5.41, 5.74) is 0.938. The minimum absolute atomic E-state index is 0.693. The van der Waals surface area contributed by atoms with E-state index in [1.807, 2.05) is 6.20 Å². The van der Waals surface area contributed by atoms with Gasteiger partial charge in [-0.15, -0.1) is 0 Å². The summed E-state index contributed by atoms with van der Waals surface area (Å²) in [4.78, 5) is 19.6. The van der Waals surface area contributed by atoms with Crippen molar-refractivity contribution in [1.29, 1.82) is 0 Å². The molecular weight excluding hydrogens is 300 g/mol. The molecule has 2 aromatic rings. The van der Waals surface area contributed by atoms with E-state index in [1.165, 1.54) is 39.0 Å². The fourth-order valence-corrected chi connectivity index (χ4v) is 4.23. The molecule has 130 valence electrons. The van der Waals surface area contributed by atoms with Gasteiger partial charge >= 0.3 is 0 Å². The number of fused-ring (bicyclic) bond motifs is 1. The minimum atomic E-state index is 0.693. The molecule has 1 unspecified atom stereocenters. The summed E-state index contributed by atoms with van der Waals surface area (Å²) in [6.45, 7) is 9.47. The first kappa shape index (κ1) is 15.8. The van der Waals surface area contributed by atoms with E-state index in [1.54, 1.807) is 6.33 Å². The Bertz CT molecular complexity index is 667. The maximum Gasteiger partial charge on any atom is 0.142 e. The van der Waals surface area contributed by atoms with Crippen LogP contribution in [0.1, 0.15) is 19.8 Å². The number of rotatable bonds is 3. The van der Waals surface area contributed by atoms with Crippen LogP contribution >= 0.6 is 0 Å². The zero-order valence-corrected chi connectivity index (χ0v) is 14.8. The number of hydrogen-bond acceptors (Lipinski definition) is 5. The summed E-state index contributed by atoms with van der Waals surface area (Å²) in [6.07, 6.45) is 6.13. The lowest BCUT2D eigenvalue weighted by atomic mass is 9.89. The zero-order valence-electron chi connectivity index (χ0n) is 14.8. The molecule has 0 radical (unpaired) electrons. The Morgan fingerprint density at radius 1 is 1.08 bits per heavy atom. The van der Waals surface area contributed by atoms with Crippen LogP contribution in [-0.4, -0.2) is 77.1 Å². The third-order valence-corrected chi connectivity index (χ3v) is 5.97. The first-order chi connectivity index (χ1) is 11.7. The lowest BCUT2D eigenvalue weighted by Gasteiger charge is -2.43. The largest absolute Gasteiger partial charge is 0.356 e. The maximum absolute atomic E-state index is 4.55. The Morgan fingerprint density at radius 3 is 2.58 bits per heavy atom. The molecule has 4 rings (SSSR count). The van der Waals surface area contributed by atoms with Crippen molar-refractivity contribution in [3.05, 3.63) is 18.6 Å². The first-order valence-corrected chi connectivity index (χ1v) is 9.18. The average Bonchev–Trinajstić information content (AvgIpc) is 3.11. The van der Waals surface area contributed by atoms with Gasteiger partial charge in [0.2, 0.25) is 0 Å². The molecule has 6 heteroatoms. The predicted molar refractivity (Wildman–Crippen MR) is 97.4 cm³/mol. The molecule has 0 aliphatic carbocycles. The van der Waals surface area contributed by atoms with Gasteiger partial charge in [0.15, 0.2) is 0 Å². The van der Waals surface area contributed by atoms with Crippen LogP contribution in [0, 0.1) is 5.92 Å². The van der Waals surface area contributed by atoms with Crippen LogP contribution < -0.4 is 4.90 Å². The van der Waals surface area contributed by atoms with Crippen molar-refractivity contribution in [3.8, 4) is 0 Å². The van der Waals surface area contributed by atoms with Gasteiger partial charge in [-0.25, -0.2) is 9.97 Å². The molecule has 1 N–H and O–H groups in total. The highest BCUT2D eigenvalue weighted by Gasteiger charge is 2.29. The zero-order chi connectivity index (χ0) is 16.5. The first-order valence-electron chi connectivity index (χ1n) is 9.18. The average molecular weight is 328 g/mol. The van der Waals surface area contributed by atoms with E-state index in [0.717, 1.165) is 35.9 Å². The summed E-state index contributed by atoms with van der Waals surface area (Å²) in [5.74, 6) is 1.89. The van der Waals surface area contributed by atoms with Gasteiger partial charge in [-0.3, -0.25) is 4.90 Å². The SMILES string of the molecule is CC(C1CCN(c2ncnc3[nH]ccc23)CC1)N1CCN(C)CC1. The van der Waals surface area contributed by atoms with Gasteiger partial charge in [0.25, 0.3) is 0 Å². The van der Waals surface area contributed by atoms with Gasteiger partial charge in [0.1, 0.15) is 17.8 Å². The van der Waals surface area contributed by atoms with Crippen molar-refractivity contribution >= 4 is 16.9 Å². The van der Waals surface area contributed by atoms with Gasteiger partial charge < -0.3 is 14.8 Å². The van der Waals surface area contributed by atoms with Crippen LogP contribution in [0.4, 0.5) is 5.82 Å². The third kappa shape index (κ3) is 3.00. The molecule has 2 aromatic heterocycles. The molecule has 2 fully saturated rings. The van der Waals surface area contributed by atoms with E-state index in [9.17, 15) is 0 Å². The Labute approximate surface area is 143 Å². The number of H-pyrrole nitrogens is 1. The fraction of sp³-hybridized carbons (Fsp3) is 0.667. The highest BCUT2D eigenvalue weighted by Crippen LogP contribution is 2.29. The molecule has 4 heterocycles. The van der Waals surface area contributed by atoms with Crippen LogP contribution in [-0.2, 0) is 0 Å². The topological polar surface area (TPSA) is 51.3 Å². The summed E-state index contributed by atoms with van der Waals surface area (Å²) in [5, 5.41) is 1.14. The molecule has 0 amide bonds. The van der Waals surface area contributed by atoms with E-state index in [-0.39, 0.29) is 0 Å². The van der Waals surface area contributed by atoms with Crippen molar-refractivity contribution in [1.82, 2.24) is 24.8 Å². The van der Waals surface area contributed by atoms with Gasteiger partial charge in [0, 0.05) is 51.5 Å². The van der Waals surface area contributed by atoms with E-state index < -0.39 is 0 Å². The van der Waals surface area contributed by atoms with E-state index in [4.69, 9.17) is 0 Å². The van der Waals surface area contributed by atoms with Crippen LogP contribution in [0.25, 0.3) is 11.0 Å². The Morgan fingerprint density at radius 2 is 1.83 bits per heavy atom. The van der Waals surface area contributed by atoms with Crippen LogP contribution in [0.2, 0.25) is 0 Å². The molecule has 2 aliphatic heterocycles. The van der Waals surface area contributed by atoms with Crippen molar-refractivity contribution in [2.24, 2.45) is 5.92 Å². The highest BCUT2D eigenvalue weighted by atomic mass is 15.3. The van der Waals surface area contributed by atoms with Gasteiger partial charge in [-0.05, 0) is 38.8 Å². The second-order valence-electron chi connectivity index (χ2n) is 7.34. The molecule has 0 bridgehead atoms. The number of aromatic nitrogens is 3. The second-order valence-corrected chi connectivity index (χ2v) is 7.34. The van der Waals surface area contributed by atoms with Crippen LogP contribution in [0.15, 0.2) is 18.6 Å². The van der Waals surface area contributed by atoms with Gasteiger partial charge in [-0.1, -0.05) is 0 Å². The summed E-state index contributed by atoms with van der Waals surface area (Å²) >= 11 is 0. The molecule has 0 aromatic carbocycles. The summed E-state index contributed by atoms with van der Waals surface area (Å²) in [6, 6.07) is 2.78. The number of piperazine rings is 1. The molecule has 2 saturated heterocycles. The van der Waals surface area contributed by atoms with E-state index in [0.29, 0.717) is 6.04 Å². The van der Waals surface area contributed by atoms with Gasteiger partial charge in [0.05, 0.1) is 5.39 Å². The van der Waals surface area contributed by atoms with Crippen molar-refractivity contribution in [2.75, 3.05) is 51.2 Å². The summed E-state index contributed by atoms with van der Waals surface area (Å²) in [7, 11) is 2.23. The lowest BCUT2D eigenvalue weighted by molar-refractivity contribution is 0.0813. The Kier molecular flexibility index (Phi) is 4.41. The Balaban J connectivity index is 1.39. The number of aromatic amines is 1. The number of likely N-dealkylation sites (N-methyl/N-ethyl adjacent to an activating group) is 1. The van der Waals surface area contributed by atoms with Crippen LogP contribution in [0.5, 0.6) is 0 Å². The van der Waals surface area contributed by atoms with Crippen molar-refractivity contribution in [3.63, 3.8) is 0 Å². The van der Waals surface area contributed by atoms with Crippen molar-refractivity contribution < 1.29 is 0 Å². The quantitative estimate of drug-likeness (QED) is 0.931. The molecule has 0 saturated carbocycles. The molecule has 0 spiro atoms. The minimum Gasteiger partial charge on any atom is -0.356 e. The number of piperidine rings is 1. The molecule has 2 aliphatic rings. The molecular formula is C18H28N6. The third-order valence-electron chi connectivity index (χ3n) is 5.97. The monoisotopic (exact) mass is 328 g/mol. The number of anilines is 1. The van der Waals surface area contributed by atoms with E-state index >= 15 is 0 Å². The maximum atomic E-state index is 4.55. The standard InChI is InChI=1S/C18H28N6/c1-14(23-11-9-22(2)10-12-23)15-4-7-24(8-5-15)18-16-3-6-19-17(16)20-13-21-18/h3,6,13-15H,4-5,7-12H2,1-2H3,(H,19,20,21).